The zero-order chi connectivity index (χ0) is 13.6. The maximum atomic E-state index is 11.9. The first-order valence-electron chi connectivity index (χ1n) is 5.97. The van der Waals surface area contributed by atoms with E-state index in [9.17, 15) is 14.3 Å². The minimum atomic E-state index is -3.51. The lowest BCUT2D eigenvalue weighted by Crippen LogP contribution is -2.38. The molecule has 0 spiro atoms. The molecule has 0 aliphatic rings. The van der Waals surface area contributed by atoms with Gasteiger partial charge >= 0.3 is 5.97 Å². The number of hydrogen-bond acceptors (Lipinski definition) is 3. The third kappa shape index (κ3) is 6.20. The first-order chi connectivity index (χ1) is 7.70. The van der Waals surface area contributed by atoms with Gasteiger partial charge in [-0.1, -0.05) is 27.7 Å². The lowest BCUT2D eigenvalue weighted by molar-refractivity contribution is -0.145. The van der Waals surface area contributed by atoms with Crippen LogP contribution in [0.15, 0.2) is 0 Å². The van der Waals surface area contributed by atoms with E-state index in [1.807, 2.05) is 13.8 Å². The molecule has 0 amide bonds. The Balaban J connectivity index is 4.70. The van der Waals surface area contributed by atoms with Crippen molar-refractivity contribution < 1.29 is 19.0 Å². The van der Waals surface area contributed by atoms with Gasteiger partial charge in [0.2, 0.25) is 0 Å². The predicted octanol–water partition coefficient (Wildman–Crippen LogP) is 2.15. The minimum absolute atomic E-state index is 0.240. The van der Waals surface area contributed by atoms with Crippen molar-refractivity contribution in [3.05, 3.63) is 0 Å². The Morgan fingerprint density at radius 2 is 1.88 bits per heavy atom. The van der Waals surface area contributed by atoms with Gasteiger partial charge in [-0.2, -0.15) is 0 Å². The molecule has 5 nitrogen and oxygen atoms in total. The van der Waals surface area contributed by atoms with Gasteiger partial charge in [0.25, 0.3) is 7.52 Å². The van der Waals surface area contributed by atoms with E-state index < -0.39 is 25.2 Å². The number of hydrogen-bond donors (Lipinski definition) is 2. The average molecular weight is 265 g/mol. The third-order valence-electron chi connectivity index (χ3n) is 2.32. The van der Waals surface area contributed by atoms with Gasteiger partial charge in [0, 0.05) is 5.66 Å². The molecule has 0 saturated carbocycles. The zero-order valence-electron chi connectivity index (χ0n) is 11.3. The molecule has 0 aromatic heterocycles. The van der Waals surface area contributed by atoms with Crippen LogP contribution in [0.25, 0.3) is 0 Å². The van der Waals surface area contributed by atoms with Crippen LogP contribution < -0.4 is 5.09 Å². The van der Waals surface area contributed by atoms with Crippen molar-refractivity contribution in [2.75, 3.05) is 6.61 Å². The van der Waals surface area contributed by atoms with E-state index in [4.69, 9.17) is 4.74 Å². The lowest BCUT2D eigenvalue weighted by atomic mass is 10.1. The van der Waals surface area contributed by atoms with Gasteiger partial charge in [-0.3, -0.25) is 9.36 Å². The molecule has 0 aromatic carbocycles. The third-order valence-corrected chi connectivity index (χ3v) is 4.40. The van der Waals surface area contributed by atoms with Crippen LogP contribution in [0.3, 0.4) is 0 Å². The summed E-state index contributed by atoms with van der Waals surface area (Å²) in [4.78, 5) is 21.4. The first-order valence-corrected chi connectivity index (χ1v) is 7.70. The Labute approximate surface area is 103 Å². The van der Waals surface area contributed by atoms with Crippen molar-refractivity contribution in [1.29, 1.82) is 0 Å². The monoisotopic (exact) mass is 265 g/mol. The van der Waals surface area contributed by atoms with Crippen molar-refractivity contribution in [1.82, 2.24) is 5.09 Å². The van der Waals surface area contributed by atoms with Gasteiger partial charge in [0.15, 0.2) is 0 Å². The maximum Gasteiger partial charge on any atom is 0.323 e. The summed E-state index contributed by atoms with van der Waals surface area (Å²) in [7, 11) is -3.51. The van der Waals surface area contributed by atoms with E-state index in [1.54, 1.807) is 20.8 Å². The second-order valence-electron chi connectivity index (χ2n) is 4.78. The van der Waals surface area contributed by atoms with E-state index in [0.29, 0.717) is 6.42 Å². The Kier molecular flexibility index (Phi) is 6.98. The molecule has 0 aliphatic carbocycles. The largest absolute Gasteiger partial charge is 0.465 e. The lowest BCUT2D eigenvalue weighted by Gasteiger charge is -2.24. The molecule has 0 heterocycles. The molecule has 2 N–H and O–H groups in total. The molecule has 0 radical (unpaired) electrons. The molecule has 102 valence electrons. The van der Waals surface area contributed by atoms with Gasteiger partial charge in [-0.15, -0.1) is 0 Å². The minimum Gasteiger partial charge on any atom is -0.465 e. The van der Waals surface area contributed by atoms with Crippen LogP contribution in [0.5, 0.6) is 0 Å². The van der Waals surface area contributed by atoms with E-state index in [1.165, 1.54) is 0 Å². The van der Waals surface area contributed by atoms with Gasteiger partial charge in [-0.05, 0) is 19.3 Å². The molecule has 0 aromatic rings. The van der Waals surface area contributed by atoms with Crippen molar-refractivity contribution in [2.45, 2.75) is 52.7 Å². The summed E-state index contributed by atoms with van der Waals surface area (Å²) in [5.74, 6) is -0.222. The Bertz CT molecular complexity index is 291. The molecule has 1 unspecified atom stereocenters. The first kappa shape index (κ1) is 16.6. The van der Waals surface area contributed by atoms with E-state index in [2.05, 4.69) is 5.09 Å². The van der Waals surface area contributed by atoms with Gasteiger partial charge in [0.1, 0.15) is 6.04 Å². The zero-order valence-corrected chi connectivity index (χ0v) is 12.2. The topological polar surface area (TPSA) is 75.6 Å². The molecular weight excluding hydrogens is 241 g/mol. The van der Waals surface area contributed by atoms with Crippen LogP contribution >= 0.6 is 7.52 Å². The average Bonchev–Trinajstić information content (AvgIpc) is 2.15. The van der Waals surface area contributed by atoms with E-state index >= 15 is 0 Å². The number of carbonyl (C=O) groups excluding carboxylic acids is 1. The summed E-state index contributed by atoms with van der Waals surface area (Å²) in [6.07, 6.45) is 0.482. The number of carbonyl (C=O) groups is 1. The molecule has 0 rings (SSSR count). The van der Waals surface area contributed by atoms with Crippen LogP contribution in [0.2, 0.25) is 0 Å². The molecule has 2 atom stereocenters. The van der Waals surface area contributed by atoms with Crippen LogP contribution in [0.1, 0.15) is 41.0 Å². The summed E-state index contributed by atoms with van der Waals surface area (Å²) >= 11 is 0. The number of rotatable bonds is 7. The fourth-order valence-corrected chi connectivity index (χ4v) is 2.24. The van der Waals surface area contributed by atoms with Gasteiger partial charge in [-0.25, -0.2) is 5.09 Å². The SMILES string of the molecule is CCOC(=O)[C@H](CC(C)C)NP(=O)(O)C(C)C. The van der Waals surface area contributed by atoms with Crippen molar-refractivity contribution in [2.24, 2.45) is 5.92 Å². The molecule has 17 heavy (non-hydrogen) atoms. The summed E-state index contributed by atoms with van der Waals surface area (Å²) < 4.78 is 16.7. The van der Waals surface area contributed by atoms with Gasteiger partial charge in [0.05, 0.1) is 6.61 Å². The highest BCUT2D eigenvalue weighted by atomic mass is 31.2. The van der Waals surface area contributed by atoms with E-state index in [-0.39, 0.29) is 12.5 Å². The molecule has 6 heteroatoms. The normalized spacial score (nSPS) is 16.9. The summed E-state index contributed by atoms with van der Waals surface area (Å²) in [5, 5.41) is 2.55. The predicted molar refractivity (Wildman–Crippen MR) is 68.0 cm³/mol. The summed E-state index contributed by atoms with van der Waals surface area (Å²) in [6.45, 7) is 9.17. The Morgan fingerprint density at radius 1 is 1.35 bits per heavy atom. The molecule has 0 bridgehead atoms. The molecular formula is C11H24NO4P. The number of esters is 1. The number of nitrogens with one attached hydrogen (secondary N) is 1. The molecule has 0 saturated heterocycles. The second kappa shape index (κ2) is 7.14. The fraction of sp³-hybridized carbons (Fsp3) is 0.909. The fourth-order valence-electron chi connectivity index (χ4n) is 1.29. The standard InChI is InChI=1S/C11H24NO4P/c1-6-16-11(13)10(7-8(2)3)12-17(14,15)9(4)5/h8-10H,6-7H2,1-5H3,(H2,12,14,15)/t10-/m0/s1. The van der Waals surface area contributed by atoms with Crippen LogP contribution in [-0.4, -0.2) is 29.2 Å². The van der Waals surface area contributed by atoms with Crippen LogP contribution in [-0.2, 0) is 14.1 Å². The van der Waals surface area contributed by atoms with E-state index in [0.717, 1.165) is 0 Å². The molecule has 0 aliphatic heterocycles. The maximum absolute atomic E-state index is 11.9. The highest BCUT2D eigenvalue weighted by Crippen LogP contribution is 2.42. The Morgan fingerprint density at radius 3 is 2.24 bits per heavy atom. The van der Waals surface area contributed by atoms with Crippen LogP contribution in [0.4, 0.5) is 0 Å². The molecule has 0 fully saturated rings. The van der Waals surface area contributed by atoms with Crippen LogP contribution in [0, 0.1) is 5.92 Å². The number of ether oxygens (including phenoxy) is 1. The smallest absolute Gasteiger partial charge is 0.323 e. The quantitative estimate of drug-likeness (QED) is 0.545. The summed E-state index contributed by atoms with van der Waals surface area (Å²) in [6, 6.07) is -0.715. The summed E-state index contributed by atoms with van der Waals surface area (Å²) in [5.41, 5.74) is -0.424. The second-order valence-corrected chi connectivity index (χ2v) is 7.32. The van der Waals surface area contributed by atoms with Crippen molar-refractivity contribution in [3.63, 3.8) is 0 Å². The highest BCUT2D eigenvalue weighted by molar-refractivity contribution is 7.56. The van der Waals surface area contributed by atoms with Crippen molar-refractivity contribution in [3.8, 4) is 0 Å². The van der Waals surface area contributed by atoms with Gasteiger partial charge < -0.3 is 9.63 Å². The van der Waals surface area contributed by atoms with Crippen molar-refractivity contribution >= 4 is 13.5 Å². The Hall–Kier alpha value is -0.380. The highest BCUT2D eigenvalue weighted by Gasteiger charge is 2.31.